The second-order valence-corrected chi connectivity index (χ2v) is 4.88. The van der Waals surface area contributed by atoms with Gasteiger partial charge in [-0.05, 0) is 11.8 Å². The summed E-state index contributed by atoms with van der Waals surface area (Å²) in [6.07, 6.45) is 0.850. The van der Waals surface area contributed by atoms with Crippen LogP contribution in [0.5, 0.6) is 0 Å². The van der Waals surface area contributed by atoms with Gasteiger partial charge in [-0.1, -0.05) is 27.7 Å². The Balaban J connectivity index is 2.73. The summed E-state index contributed by atoms with van der Waals surface area (Å²) in [6.45, 7) is 10.4. The first-order valence-corrected chi connectivity index (χ1v) is 4.85. The zero-order chi connectivity index (χ0) is 9.41. The maximum absolute atomic E-state index is 10.4. The molecule has 2 N–H and O–H groups in total. The molecule has 1 saturated heterocycles. The predicted molar refractivity (Wildman–Crippen MR) is 51.1 cm³/mol. The van der Waals surface area contributed by atoms with Gasteiger partial charge < -0.3 is 10.4 Å². The van der Waals surface area contributed by atoms with E-state index in [0.717, 1.165) is 19.5 Å². The third kappa shape index (κ3) is 1.38. The average molecular weight is 171 g/mol. The van der Waals surface area contributed by atoms with Gasteiger partial charge in [0.2, 0.25) is 0 Å². The van der Waals surface area contributed by atoms with Gasteiger partial charge in [0.05, 0.1) is 5.60 Å². The van der Waals surface area contributed by atoms with Gasteiger partial charge in [0, 0.05) is 19.0 Å². The van der Waals surface area contributed by atoms with Crippen molar-refractivity contribution in [1.29, 1.82) is 0 Å². The molecule has 2 nitrogen and oxygen atoms in total. The Kier molecular flexibility index (Phi) is 2.50. The SMILES string of the molecule is CCC(O)(C1CNC1)C(C)(C)C. The highest BCUT2D eigenvalue weighted by Gasteiger charge is 2.47. The number of aliphatic hydroxyl groups is 1. The Bertz CT molecular complexity index is 158. The number of hydrogen-bond donors (Lipinski definition) is 2. The van der Waals surface area contributed by atoms with Crippen molar-refractivity contribution in [2.75, 3.05) is 13.1 Å². The molecule has 1 unspecified atom stereocenters. The van der Waals surface area contributed by atoms with E-state index in [2.05, 4.69) is 33.0 Å². The van der Waals surface area contributed by atoms with Gasteiger partial charge in [0.15, 0.2) is 0 Å². The van der Waals surface area contributed by atoms with Crippen molar-refractivity contribution in [1.82, 2.24) is 5.32 Å². The minimum absolute atomic E-state index is 0.00544. The highest BCUT2D eigenvalue weighted by Crippen LogP contribution is 2.40. The zero-order valence-electron chi connectivity index (χ0n) is 8.65. The summed E-state index contributed by atoms with van der Waals surface area (Å²) >= 11 is 0. The van der Waals surface area contributed by atoms with E-state index >= 15 is 0 Å². The normalized spacial score (nSPS) is 24.8. The molecule has 1 aliphatic rings. The van der Waals surface area contributed by atoms with Gasteiger partial charge in [0.1, 0.15) is 0 Å². The lowest BCUT2D eigenvalue weighted by molar-refractivity contribution is -0.121. The van der Waals surface area contributed by atoms with Gasteiger partial charge in [-0.15, -0.1) is 0 Å². The van der Waals surface area contributed by atoms with Crippen molar-refractivity contribution < 1.29 is 5.11 Å². The third-order valence-electron chi connectivity index (χ3n) is 3.29. The average Bonchev–Trinajstić information content (AvgIpc) is 1.81. The molecule has 1 atom stereocenters. The van der Waals surface area contributed by atoms with Gasteiger partial charge in [-0.2, -0.15) is 0 Å². The third-order valence-corrected chi connectivity index (χ3v) is 3.29. The fourth-order valence-corrected chi connectivity index (χ4v) is 2.06. The minimum Gasteiger partial charge on any atom is -0.389 e. The second-order valence-electron chi connectivity index (χ2n) is 4.88. The van der Waals surface area contributed by atoms with E-state index in [1.54, 1.807) is 0 Å². The molecule has 0 aliphatic carbocycles. The lowest BCUT2D eigenvalue weighted by Gasteiger charge is -2.49. The van der Waals surface area contributed by atoms with Crippen LogP contribution in [0.15, 0.2) is 0 Å². The summed E-state index contributed by atoms with van der Waals surface area (Å²) in [7, 11) is 0. The smallest absolute Gasteiger partial charge is 0.0745 e. The highest BCUT2D eigenvalue weighted by atomic mass is 16.3. The Hall–Kier alpha value is -0.0800. The maximum Gasteiger partial charge on any atom is 0.0745 e. The van der Waals surface area contributed by atoms with E-state index in [1.807, 2.05) is 0 Å². The zero-order valence-corrected chi connectivity index (χ0v) is 8.65. The van der Waals surface area contributed by atoms with Crippen molar-refractivity contribution in [3.8, 4) is 0 Å². The Labute approximate surface area is 75.4 Å². The van der Waals surface area contributed by atoms with Crippen molar-refractivity contribution in [3.05, 3.63) is 0 Å². The maximum atomic E-state index is 10.4. The van der Waals surface area contributed by atoms with E-state index in [1.165, 1.54) is 0 Å². The monoisotopic (exact) mass is 171 g/mol. The first-order chi connectivity index (χ1) is 5.42. The summed E-state index contributed by atoms with van der Waals surface area (Å²) in [5.41, 5.74) is -0.493. The van der Waals surface area contributed by atoms with Crippen LogP contribution >= 0.6 is 0 Å². The first-order valence-electron chi connectivity index (χ1n) is 4.85. The molecule has 0 radical (unpaired) electrons. The van der Waals surface area contributed by atoms with Crippen LogP contribution in [0, 0.1) is 11.3 Å². The molecule has 12 heavy (non-hydrogen) atoms. The molecule has 1 rings (SSSR count). The molecule has 1 heterocycles. The van der Waals surface area contributed by atoms with Crippen molar-refractivity contribution in [2.24, 2.45) is 11.3 Å². The second kappa shape index (κ2) is 3.00. The quantitative estimate of drug-likeness (QED) is 0.658. The van der Waals surface area contributed by atoms with Crippen molar-refractivity contribution >= 4 is 0 Å². The largest absolute Gasteiger partial charge is 0.389 e. The standard InChI is InChI=1S/C10H21NO/c1-5-10(12,9(2,3)4)8-6-11-7-8/h8,11-12H,5-7H2,1-4H3. The van der Waals surface area contributed by atoms with Crippen molar-refractivity contribution in [3.63, 3.8) is 0 Å². The predicted octanol–water partition coefficient (Wildman–Crippen LogP) is 1.39. The van der Waals surface area contributed by atoms with Gasteiger partial charge in [0.25, 0.3) is 0 Å². The molecular weight excluding hydrogens is 150 g/mol. The summed E-state index contributed by atoms with van der Waals surface area (Å²) < 4.78 is 0. The van der Waals surface area contributed by atoms with Crippen LogP contribution in [0.2, 0.25) is 0 Å². The Morgan fingerprint density at radius 3 is 1.92 bits per heavy atom. The van der Waals surface area contributed by atoms with Crippen LogP contribution < -0.4 is 5.32 Å². The Morgan fingerprint density at radius 2 is 1.83 bits per heavy atom. The minimum atomic E-state index is -0.488. The van der Waals surface area contributed by atoms with Gasteiger partial charge in [-0.3, -0.25) is 0 Å². The Morgan fingerprint density at radius 1 is 1.33 bits per heavy atom. The molecule has 2 heteroatoms. The number of nitrogens with one attached hydrogen (secondary N) is 1. The first kappa shape index (κ1) is 10.0. The van der Waals surface area contributed by atoms with E-state index in [9.17, 15) is 5.11 Å². The molecule has 0 aromatic carbocycles. The lowest BCUT2D eigenvalue weighted by atomic mass is 9.65. The van der Waals surface area contributed by atoms with Crippen LogP contribution in [0.25, 0.3) is 0 Å². The summed E-state index contributed by atoms with van der Waals surface area (Å²) in [5, 5.41) is 13.6. The van der Waals surface area contributed by atoms with Crippen LogP contribution in [-0.4, -0.2) is 23.8 Å². The molecular formula is C10H21NO. The number of rotatable bonds is 2. The van der Waals surface area contributed by atoms with E-state index in [4.69, 9.17) is 0 Å². The molecule has 1 fully saturated rings. The fraction of sp³-hybridized carbons (Fsp3) is 1.00. The molecule has 0 saturated carbocycles. The lowest BCUT2D eigenvalue weighted by Crippen LogP contribution is -2.60. The molecule has 0 aromatic rings. The summed E-state index contributed by atoms with van der Waals surface area (Å²) in [4.78, 5) is 0. The highest BCUT2D eigenvalue weighted by molar-refractivity contribution is 5.00. The molecule has 72 valence electrons. The number of hydrogen-bond acceptors (Lipinski definition) is 2. The molecule has 1 aliphatic heterocycles. The van der Waals surface area contributed by atoms with E-state index in [0.29, 0.717) is 5.92 Å². The molecule has 0 aromatic heterocycles. The summed E-state index contributed by atoms with van der Waals surface area (Å²) in [5.74, 6) is 0.447. The molecule has 0 amide bonds. The van der Waals surface area contributed by atoms with Crippen LogP contribution in [0.1, 0.15) is 34.1 Å². The van der Waals surface area contributed by atoms with E-state index in [-0.39, 0.29) is 5.41 Å². The molecule has 0 spiro atoms. The van der Waals surface area contributed by atoms with Gasteiger partial charge in [-0.25, -0.2) is 0 Å². The summed E-state index contributed by atoms with van der Waals surface area (Å²) in [6, 6.07) is 0. The van der Waals surface area contributed by atoms with Crippen molar-refractivity contribution in [2.45, 2.75) is 39.7 Å². The van der Waals surface area contributed by atoms with Crippen LogP contribution in [0.4, 0.5) is 0 Å². The van der Waals surface area contributed by atoms with Crippen LogP contribution in [-0.2, 0) is 0 Å². The molecule has 0 bridgehead atoms. The van der Waals surface area contributed by atoms with Crippen LogP contribution in [0.3, 0.4) is 0 Å². The van der Waals surface area contributed by atoms with E-state index < -0.39 is 5.60 Å². The fourth-order valence-electron chi connectivity index (χ4n) is 2.06. The van der Waals surface area contributed by atoms with Gasteiger partial charge >= 0.3 is 0 Å². The topological polar surface area (TPSA) is 32.3 Å².